The lowest BCUT2D eigenvalue weighted by Gasteiger charge is -2.36. The van der Waals surface area contributed by atoms with Crippen LogP contribution in [0, 0.1) is 5.92 Å². The fourth-order valence-electron chi connectivity index (χ4n) is 3.55. The molecule has 4 nitrogen and oxygen atoms in total. The highest BCUT2D eigenvalue weighted by molar-refractivity contribution is 5.78. The van der Waals surface area contributed by atoms with Crippen molar-refractivity contribution in [1.82, 2.24) is 10.2 Å². The number of nitrogens with zero attached hydrogens (tertiary/aromatic N) is 1. The standard InChI is InChI=1S/C14H26N2O2/c1-3-16-7-5-4-6-12(16)8-11-9-14(2,13(17)18)15-10-11/h11-12,15H,3-10H2,1-2H3,(H,17,18). The van der Waals surface area contributed by atoms with Gasteiger partial charge in [-0.05, 0) is 58.2 Å². The van der Waals surface area contributed by atoms with Gasteiger partial charge in [-0.2, -0.15) is 0 Å². The van der Waals surface area contributed by atoms with Crippen molar-refractivity contribution in [2.75, 3.05) is 19.6 Å². The zero-order valence-electron chi connectivity index (χ0n) is 11.6. The Hall–Kier alpha value is -0.610. The number of hydrogen-bond donors (Lipinski definition) is 2. The molecule has 2 N–H and O–H groups in total. The summed E-state index contributed by atoms with van der Waals surface area (Å²) in [5.74, 6) is -0.191. The van der Waals surface area contributed by atoms with Crippen molar-refractivity contribution in [3.8, 4) is 0 Å². The van der Waals surface area contributed by atoms with Crippen molar-refractivity contribution >= 4 is 5.97 Å². The molecule has 0 amide bonds. The van der Waals surface area contributed by atoms with Crippen LogP contribution >= 0.6 is 0 Å². The molecule has 104 valence electrons. The Morgan fingerprint density at radius 3 is 2.89 bits per heavy atom. The third kappa shape index (κ3) is 2.86. The summed E-state index contributed by atoms with van der Waals surface area (Å²) in [7, 11) is 0. The molecule has 4 heteroatoms. The molecule has 2 saturated heterocycles. The topological polar surface area (TPSA) is 52.6 Å². The fraction of sp³-hybridized carbons (Fsp3) is 0.929. The van der Waals surface area contributed by atoms with Crippen LogP contribution in [-0.2, 0) is 4.79 Å². The van der Waals surface area contributed by atoms with E-state index >= 15 is 0 Å². The molecule has 0 saturated carbocycles. The quantitative estimate of drug-likeness (QED) is 0.802. The maximum absolute atomic E-state index is 11.2. The Kier molecular flexibility index (Phi) is 4.28. The summed E-state index contributed by atoms with van der Waals surface area (Å²) in [6.07, 6.45) is 5.87. The predicted molar refractivity (Wildman–Crippen MR) is 71.7 cm³/mol. The molecule has 2 aliphatic rings. The number of hydrogen-bond acceptors (Lipinski definition) is 3. The van der Waals surface area contributed by atoms with Gasteiger partial charge in [0.15, 0.2) is 0 Å². The second-order valence-corrected chi connectivity index (χ2v) is 6.10. The minimum Gasteiger partial charge on any atom is -0.480 e. The highest BCUT2D eigenvalue weighted by Crippen LogP contribution is 2.31. The minimum atomic E-state index is -0.707. The van der Waals surface area contributed by atoms with E-state index in [4.69, 9.17) is 0 Å². The van der Waals surface area contributed by atoms with Gasteiger partial charge in [0.25, 0.3) is 0 Å². The Morgan fingerprint density at radius 2 is 2.28 bits per heavy atom. The molecular formula is C14H26N2O2. The van der Waals surface area contributed by atoms with Crippen molar-refractivity contribution in [3.63, 3.8) is 0 Å². The van der Waals surface area contributed by atoms with Crippen LogP contribution in [0.15, 0.2) is 0 Å². The Morgan fingerprint density at radius 1 is 1.50 bits per heavy atom. The monoisotopic (exact) mass is 254 g/mol. The molecule has 3 atom stereocenters. The fourth-order valence-corrected chi connectivity index (χ4v) is 3.55. The molecule has 2 fully saturated rings. The molecule has 2 aliphatic heterocycles. The second kappa shape index (κ2) is 5.57. The van der Waals surface area contributed by atoms with Gasteiger partial charge in [-0.1, -0.05) is 13.3 Å². The summed E-state index contributed by atoms with van der Waals surface area (Å²) >= 11 is 0. The van der Waals surface area contributed by atoms with E-state index in [1.54, 1.807) is 0 Å². The highest BCUT2D eigenvalue weighted by atomic mass is 16.4. The average Bonchev–Trinajstić information content (AvgIpc) is 2.73. The van der Waals surface area contributed by atoms with Gasteiger partial charge in [-0.25, -0.2) is 0 Å². The maximum Gasteiger partial charge on any atom is 0.323 e. The second-order valence-electron chi connectivity index (χ2n) is 6.10. The molecule has 0 radical (unpaired) electrons. The lowest BCUT2D eigenvalue weighted by molar-refractivity contribution is -0.143. The van der Waals surface area contributed by atoms with Gasteiger partial charge in [0.2, 0.25) is 0 Å². The highest BCUT2D eigenvalue weighted by Gasteiger charge is 2.41. The van der Waals surface area contributed by atoms with Crippen LogP contribution in [0.2, 0.25) is 0 Å². The van der Waals surface area contributed by atoms with Crippen LogP contribution < -0.4 is 5.32 Å². The van der Waals surface area contributed by atoms with Gasteiger partial charge in [-0.3, -0.25) is 4.79 Å². The first-order valence-corrected chi connectivity index (χ1v) is 7.27. The molecule has 0 aliphatic carbocycles. The van der Waals surface area contributed by atoms with Crippen LogP contribution in [0.4, 0.5) is 0 Å². The summed E-state index contributed by atoms with van der Waals surface area (Å²) in [6, 6.07) is 0.673. The van der Waals surface area contributed by atoms with Gasteiger partial charge < -0.3 is 15.3 Å². The van der Waals surface area contributed by atoms with Gasteiger partial charge in [0.05, 0.1) is 0 Å². The van der Waals surface area contributed by atoms with E-state index in [0.717, 1.165) is 25.9 Å². The van der Waals surface area contributed by atoms with Crippen molar-refractivity contribution in [1.29, 1.82) is 0 Å². The van der Waals surface area contributed by atoms with E-state index in [9.17, 15) is 9.90 Å². The number of piperidine rings is 1. The normalized spacial score (nSPS) is 37.9. The predicted octanol–water partition coefficient (Wildman–Crippen LogP) is 1.70. The molecular weight excluding hydrogens is 228 g/mol. The van der Waals surface area contributed by atoms with Crippen molar-refractivity contribution in [2.45, 2.75) is 57.5 Å². The van der Waals surface area contributed by atoms with Gasteiger partial charge >= 0.3 is 5.97 Å². The van der Waals surface area contributed by atoms with Crippen LogP contribution in [0.25, 0.3) is 0 Å². The van der Waals surface area contributed by atoms with Crippen LogP contribution in [0.1, 0.15) is 46.0 Å². The number of aliphatic carboxylic acids is 1. The van der Waals surface area contributed by atoms with Crippen molar-refractivity contribution in [2.24, 2.45) is 5.92 Å². The van der Waals surface area contributed by atoms with E-state index in [0.29, 0.717) is 12.0 Å². The Bertz CT molecular complexity index is 308. The van der Waals surface area contributed by atoms with Gasteiger partial charge in [0.1, 0.15) is 5.54 Å². The summed E-state index contributed by atoms with van der Waals surface area (Å²) < 4.78 is 0. The first-order chi connectivity index (χ1) is 8.55. The summed E-state index contributed by atoms with van der Waals surface area (Å²) in [6.45, 7) is 7.25. The number of carboxylic acid groups (broad SMARTS) is 1. The van der Waals surface area contributed by atoms with Crippen LogP contribution in [-0.4, -0.2) is 47.2 Å². The maximum atomic E-state index is 11.2. The largest absolute Gasteiger partial charge is 0.480 e. The third-order valence-corrected chi connectivity index (χ3v) is 4.71. The molecule has 0 aromatic carbocycles. The van der Waals surface area contributed by atoms with Crippen LogP contribution in [0.3, 0.4) is 0 Å². The van der Waals surface area contributed by atoms with Crippen molar-refractivity contribution in [3.05, 3.63) is 0 Å². The van der Waals surface area contributed by atoms with Gasteiger partial charge in [0, 0.05) is 6.04 Å². The molecule has 18 heavy (non-hydrogen) atoms. The molecule has 0 spiro atoms. The number of carbonyl (C=O) groups is 1. The SMILES string of the molecule is CCN1CCCCC1CC1CNC(C)(C(=O)O)C1. The number of rotatable bonds is 4. The lowest BCUT2D eigenvalue weighted by Crippen LogP contribution is -2.44. The van der Waals surface area contributed by atoms with E-state index in [1.165, 1.54) is 25.8 Å². The molecule has 0 bridgehead atoms. The Balaban J connectivity index is 1.89. The van der Waals surface area contributed by atoms with E-state index in [-0.39, 0.29) is 0 Å². The number of nitrogens with one attached hydrogen (secondary N) is 1. The Labute approximate surface area is 110 Å². The van der Waals surface area contributed by atoms with E-state index < -0.39 is 11.5 Å². The lowest BCUT2D eigenvalue weighted by atomic mass is 9.87. The first-order valence-electron chi connectivity index (χ1n) is 7.27. The molecule has 3 unspecified atom stereocenters. The molecule has 2 heterocycles. The number of likely N-dealkylation sites (tertiary alicyclic amines) is 1. The molecule has 0 aromatic rings. The minimum absolute atomic E-state index is 0.517. The molecule has 2 rings (SSSR count). The summed E-state index contributed by atoms with van der Waals surface area (Å²) in [5.41, 5.74) is -0.698. The summed E-state index contributed by atoms with van der Waals surface area (Å²) in [5, 5.41) is 12.4. The number of carboxylic acids is 1. The third-order valence-electron chi connectivity index (χ3n) is 4.71. The molecule has 0 aromatic heterocycles. The van der Waals surface area contributed by atoms with Gasteiger partial charge in [-0.15, -0.1) is 0 Å². The smallest absolute Gasteiger partial charge is 0.323 e. The zero-order valence-corrected chi connectivity index (χ0v) is 11.6. The summed E-state index contributed by atoms with van der Waals surface area (Å²) in [4.78, 5) is 13.8. The van der Waals surface area contributed by atoms with E-state index in [2.05, 4.69) is 17.1 Å². The van der Waals surface area contributed by atoms with Crippen molar-refractivity contribution < 1.29 is 9.90 Å². The average molecular weight is 254 g/mol. The first kappa shape index (κ1) is 13.8. The van der Waals surface area contributed by atoms with Crippen LogP contribution in [0.5, 0.6) is 0 Å². The van der Waals surface area contributed by atoms with E-state index in [1.807, 2.05) is 6.92 Å². The zero-order chi connectivity index (χ0) is 13.2.